The van der Waals surface area contributed by atoms with Crippen LogP contribution >= 0.6 is 11.8 Å². The summed E-state index contributed by atoms with van der Waals surface area (Å²) in [6, 6.07) is 11.7. The van der Waals surface area contributed by atoms with Crippen LogP contribution in [0.1, 0.15) is 12.0 Å². The Hall–Kier alpha value is -2.01. The van der Waals surface area contributed by atoms with Crippen molar-refractivity contribution in [2.24, 2.45) is 0 Å². The van der Waals surface area contributed by atoms with Crippen molar-refractivity contribution in [1.82, 2.24) is 0 Å². The van der Waals surface area contributed by atoms with Crippen molar-refractivity contribution in [3.8, 4) is 0 Å². The number of thioether (sulfide) groups is 1. The van der Waals surface area contributed by atoms with Gasteiger partial charge in [0.05, 0.1) is 0 Å². The van der Waals surface area contributed by atoms with Gasteiger partial charge in [-0.05, 0) is 48.9 Å². The molecule has 0 unspecified atom stereocenters. The molecule has 0 aromatic heterocycles. The van der Waals surface area contributed by atoms with Crippen molar-refractivity contribution < 1.29 is 9.18 Å². The number of nitrogen functional groups attached to an aromatic ring is 1. The smallest absolute Gasteiger partial charge is 0.225 e. The second-order valence-corrected chi connectivity index (χ2v) is 5.85. The summed E-state index contributed by atoms with van der Waals surface area (Å²) in [6.07, 6.45) is 0.366. The van der Waals surface area contributed by atoms with Crippen molar-refractivity contribution in [3.05, 3.63) is 53.8 Å². The molecule has 3 N–H and O–H groups in total. The molecule has 110 valence electrons. The molecule has 5 heteroatoms. The zero-order chi connectivity index (χ0) is 15.2. The minimum absolute atomic E-state index is 0.0632. The highest BCUT2D eigenvalue weighted by Crippen LogP contribution is 2.21. The van der Waals surface area contributed by atoms with E-state index >= 15 is 0 Å². The van der Waals surface area contributed by atoms with E-state index in [-0.39, 0.29) is 11.7 Å². The number of nitrogens with two attached hydrogens (primary N) is 1. The van der Waals surface area contributed by atoms with Crippen molar-refractivity contribution in [2.45, 2.75) is 18.2 Å². The molecule has 21 heavy (non-hydrogen) atoms. The van der Waals surface area contributed by atoms with Crippen LogP contribution < -0.4 is 11.1 Å². The lowest BCUT2D eigenvalue weighted by atomic mass is 10.2. The van der Waals surface area contributed by atoms with E-state index in [1.165, 1.54) is 23.9 Å². The Morgan fingerprint density at radius 1 is 1.29 bits per heavy atom. The Labute approximate surface area is 127 Å². The highest BCUT2D eigenvalue weighted by atomic mass is 32.2. The monoisotopic (exact) mass is 304 g/mol. The summed E-state index contributed by atoms with van der Waals surface area (Å²) in [4.78, 5) is 12.7. The second kappa shape index (κ2) is 7.13. The van der Waals surface area contributed by atoms with Crippen LogP contribution in [-0.2, 0) is 4.79 Å². The van der Waals surface area contributed by atoms with E-state index in [0.717, 1.165) is 16.1 Å². The Kier molecular flexibility index (Phi) is 5.22. The summed E-state index contributed by atoms with van der Waals surface area (Å²) in [5.41, 5.74) is 8.04. The third kappa shape index (κ3) is 4.79. The van der Waals surface area contributed by atoms with E-state index < -0.39 is 0 Å². The van der Waals surface area contributed by atoms with Crippen LogP contribution in [0, 0.1) is 12.7 Å². The van der Waals surface area contributed by atoms with Gasteiger partial charge < -0.3 is 11.1 Å². The molecule has 1 amide bonds. The molecule has 0 spiro atoms. The maximum Gasteiger partial charge on any atom is 0.225 e. The number of carbonyl (C=O) groups excluding carboxylic acids is 1. The van der Waals surface area contributed by atoms with Crippen LogP contribution in [-0.4, -0.2) is 11.7 Å². The van der Waals surface area contributed by atoms with Gasteiger partial charge in [0, 0.05) is 28.4 Å². The van der Waals surface area contributed by atoms with Crippen LogP contribution in [0.5, 0.6) is 0 Å². The van der Waals surface area contributed by atoms with E-state index in [0.29, 0.717) is 17.9 Å². The Balaban J connectivity index is 1.82. The van der Waals surface area contributed by atoms with Crippen LogP contribution in [0.15, 0.2) is 47.4 Å². The number of anilines is 2. The number of halogens is 1. The fourth-order valence-corrected chi connectivity index (χ4v) is 2.75. The van der Waals surface area contributed by atoms with Crippen molar-refractivity contribution in [1.29, 1.82) is 0 Å². The van der Waals surface area contributed by atoms with Gasteiger partial charge in [0.2, 0.25) is 5.91 Å². The summed E-state index contributed by atoms with van der Waals surface area (Å²) in [7, 11) is 0. The van der Waals surface area contributed by atoms with Crippen LogP contribution in [0.25, 0.3) is 0 Å². The molecular formula is C16H17FN2OS. The average Bonchev–Trinajstić information content (AvgIpc) is 2.42. The molecule has 2 aromatic carbocycles. The summed E-state index contributed by atoms with van der Waals surface area (Å²) < 4.78 is 13.0. The molecule has 0 aliphatic carbocycles. The van der Waals surface area contributed by atoms with Gasteiger partial charge in [0.15, 0.2) is 0 Å². The van der Waals surface area contributed by atoms with E-state index in [1.54, 1.807) is 18.2 Å². The van der Waals surface area contributed by atoms with Gasteiger partial charge >= 0.3 is 0 Å². The van der Waals surface area contributed by atoms with Crippen LogP contribution in [0.2, 0.25) is 0 Å². The first-order valence-electron chi connectivity index (χ1n) is 6.59. The summed E-state index contributed by atoms with van der Waals surface area (Å²) in [6.45, 7) is 1.90. The van der Waals surface area contributed by atoms with E-state index in [1.807, 2.05) is 19.1 Å². The first-order valence-corrected chi connectivity index (χ1v) is 7.57. The molecule has 0 atom stereocenters. The number of carbonyl (C=O) groups is 1. The predicted molar refractivity (Wildman–Crippen MR) is 86.0 cm³/mol. The number of hydrogen-bond acceptors (Lipinski definition) is 3. The first kappa shape index (κ1) is 15.4. The summed E-state index contributed by atoms with van der Waals surface area (Å²) in [5.74, 6) is 0.275. The molecule has 0 aliphatic heterocycles. The van der Waals surface area contributed by atoms with Gasteiger partial charge in [-0.2, -0.15) is 0 Å². The molecule has 0 saturated heterocycles. The summed E-state index contributed by atoms with van der Waals surface area (Å²) in [5, 5.41) is 2.85. The highest BCUT2D eigenvalue weighted by molar-refractivity contribution is 7.99. The van der Waals surface area contributed by atoms with Crippen LogP contribution in [0.4, 0.5) is 15.8 Å². The Morgan fingerprint density at radius 3 is 2.81 bits per heavy atom. The number of aryl methyl sites for hydroxylation is 1. The van der Waals surface area contributed by atoms with Gasteiger partial charge in [-0.15, -0.1) is 11.8 Å². The molecule has 0 heterocycles. The molecule has 2 aromatic rings. The van der Waals surface area contributed by atoms with Crippen molar-refractivity contribution >= 4 is 29.0 Å². The maximum absolute atomic E-state index is 13.0. The fourth-order valence-electron chi connectivity index (χ4n) is 1.86. The quantitative estimate of drug-likeness (QED) is 0.652. The number of rotatable bonds is 5. The number of benzene rings is 2. The number of hydrogen-bond donors (Lipinski definition) is 2. The lowest BCUT2D eigenvalue weighted by molar-refractivity contribution is -0.115. The van der Waals surface area contributed by atoms with Gasteiger partial charge in [0.1, 0.15) is 5.82 Å². The SMILES string of the molecule is Cc1cc(N)ccc1NC(=O)CCSc1cccc(F)c1. The van der Waals surface area contributed by atoms with Gasteiger partial charge in [-0.1, -0.05) is 6.07 Å². The van der Waals surface area contributed by atoms with Crippen LogP contribution in [0.3, 0.4) is 0 Å². The van der Waals surface area contributed by atoms with Gasteiger partial charge in [0.25, 0.3) is 0 Å². The van der Waals surface area contributed by atoms with E-state index in [4.69, 9.17) is 5.73 Å². The molecule has 0 aliphatic rings. The first-order chi connectivity index (χ1) is 10.0. The Bertz CT molecular complexity index is 646. The third-order valence-electron chi connectivity index (χ3n) is 2.92. The molecule has 0 fully saturated rings. The third-order valence-corrected chi connectivity index (χ3v) is 3.91. The highest BCUT2D eigenvalue weighted by Gasteiger charge is 2.05. The molecule has 0 saturated carbocycles. The van der Waals surface area contributed by atoms with Gasteiger partial charge in [-0.3, -0.25) is 4.79 Å². The fraction of sp³-hybridized carbons (Fsp3) is 0.188. The Morgan fingerprint density at radius 2 is 2.10 bits per heavy atom. The largest absolute Gasteiger partial charge is 0.399 e. The normalized spacial score (nSPS) is 10.4. The molecule has 3 nitrogen and oxygen atoms in total. The molecule has 0 bridgehead atoms. The van der Waals surface area contributed by atoms with Crippen molar-refractivity contribution in [2.75, 3.05) is 16.8 Å². The molecule has 2 rings (SSSR count). The van der Waals surface area contributed by atoms with Gasteiger partial charge in [-0.25, -0.2) is 4.39 Å². The zero-order valence-corrected chi connectivity index (χ0v) is 12.5. The lowest BCUT2D eigenvalue weighted by Crippen LogP contribution is -2.13. The van der Waals surface area contributed by atoms with E-state index in [9.17, 15) is 9.18 Å². The predicted octanol–water partition coefficient (Wildman–Crippen LogP) is 3.84. The minimum atomic E-state index is -0.262. The van der Waals surface area contributed by atoms with E-state index in [2.05, 4.69) is 5.32 Å². The topological polar surface area (TPSA) is 55.1 Å². The summed E-state index contributed by atoms with van der Waals surface area (Å²) >= 11 is 1.46. The van der Waals surface area contributed by atoms with Crippen molar-refractivity contribution in [3.63, 3.8) is 0 Å². The average molecular weight is 304 g/mol. The maximum atomic E-state index is 13.0. The standard InChI is InChI=1S/C16H17FN2OS/c1-11-9-13(18)5-6-15(11)19-16(20)7-8-21-14-4-2-3-12(17)10-14/h2-6,9-10H,7-8,18H2,1H3,(H,19,20). The number of nitrogens with one attached hydrogen (secondary N) is 1. The molecular weight excluding hydrogens is 287 g/mol. The number of amides is 1. The molecule has 0 radical (unpaired) electrons. The lowest BCUT2D eigenvalue weighted by Gasteiger charge is -2.09. The minimum Gasteiger partial charge on any atom is -0.399 e. The zero-order valence-electron chi connectivity index (χ0n) is 11.7. The second-order valence-electron chi connectivity index (χ2n) is 4.68.